The molecule has 3 rings (SSSR count). The van der Waals surface area contributed by atoms with E-state index in [4.69, 9.17) is 0 Å². The Hall–Kier alpha value is -2.60. The lowest BCUT2D eigenvalue weighted by atomic mass is 10.1. The third kappa shape index (κ3) is 4.77. The smallest absolute Gasteiger partial charge is 0.239 e. The van der Waals surface area contributed by atoms with Gasteiger partial charge in [0.25, 0.3) is 0 Å². The molecule has 2 aromatic rings. The minimum absolute atomic E-state index is 0.0392. The second kappa shape index (κ2) is 8.39. The lowest BCUT2D eigenvalue weighted by Crippen LogP contribution is -2.54. The summed E-state index contributed by atoms with van der Waals surface area (Å²) in [5.74, 6) is 0.0158. The van der Waals surface area contributed by atoms with Gasteiger partial charge in [0.2, 0.25) is 5.91 Å². The zero-order valence-corrected chi connectivity index (χ0v) is 15.8. The molecule has 1 fully saturated rings. The topological polar surface area (TPSA) is 47.0 Å². The van der Waals surface area contributed by atoms with Crippen molar-refractivity contribution >= 4 is 11.6 Å². The molecule has 0 saturated carbocycles. The summed E-state index contributed by atoms with van der Waals surface area (Å²) in [6, 6.07) is 13.3. The monoisotopic (exact) mass is 371 g/mol. The highest BCUT2D eigenvalue weighted by Gasteiger charge is 2.27. The van der Waals surface area contributed by atoms with Crippen LogP contribution in [0.15, 0.2) is 48.5 Å². The molecule has 1 unspecified atom stereocenters. The number of piperazine rings is 1. The first-order valence-electron chi connectivity index (χ1n) is 9.21. The third-order valence-electron chi connectivity index (χ3n) is 5.12. The highest BCUT2D eigenvalue weighted by atomic mass is 19.1. The summed E-state index contributed by atoms with van der Waals surface area (Å²) in [6.45, 7) is 5.57. The van der Waals surface area contributed by atoms with Crippen LogP contribution in [0, 0.1) is 5.82 Å². The Morgan fingerprint density at radius 1 is 1.15 bits per heavy atom. The average Bonchev–Trinajstić information content (AvgIpc) is 2.67. The zero-order chi connectivity index (χ0) is 19.4. The fourth-order valence-electron chi connectivity index (χ4n) is 3.49. The number of hydrogen-bond donors (Lipinski definition) is 1. The first-order chi connectivity index (χ1) is 12.9. The van der Waals surface area contributed by atoms with Crippen LogP contribution < -0.4 is 4.90 Å². The first-order valence-corrected chi connectivity index (χ1v) is 9.21. The van der Waals surface area contributed by atoms with Gasteiger partial charge >= 0.3 is 0 Å². The van der Waals surface area contributed by atoms with Gasteiger partial charge in [-0.1, -0.05) is 12.1 Å². The van der Waals surface area contributed by atoms with Gasteiger partial charge in [-0.2, -0.15) is 0 Å². The van der Waals surface area contributed by atoms with E-state index in [9.17, 15) is 14.3 Å². The maximum Gasteiger partial charge on any atom is 0.239 e. The van der Waals surface area contributed by atoms with Crippen molar-refractivity contribution in [3.63, 3.8) is 0 Å². The van der Waals surface area contributed by atoms with E-state index in [1.165, 1.54) is 12.1 Å². The number of phenolic OH excluding ortho intramolecular Hbond substituents is 1. The van der Waals surface area contributed by atoms with Crippen molar-refractivity contribution in [1.29, 1.82) is 0 Å². The van der Waals surface area contributed by atoms with Crippen LogP contribution in [0.2, 0.25) is 0 Å². The van der Waals surface area contributed by atoms with E-state index in [2.05, 4.69) is 9.80 Å². The third-order valence-corrected chi connectivity index (χ3v) is 5.12. The number of anilines is 1. The number of amides is 1. The molecule has 6 heteroatoms. The van der Waals surface area contributed by atoms with Crippen LogP contribution in [0.5, 0.6) is 5.75 Å². The van der Waals surface area contributed by atoms with Gasteiger partial charge in [0.1, 0.15) is 11.6 Å². The minimum Gasteiger partial charge on any atom is -0.508 e. The number of carbonyl (C=O) groups is 1. The number of halogens is 1. The van der Waals surface area contributed by atoms with Gasteiger partial charge in [0.15, 0.2) is 0 Å². The van der Waals surface area contributed by atoms with Gasteiger partial charge in [0.05, 0.1) is 6.04 Å². The molecule has 1 aliphatic heterocycles. The lowest BCUT2D eigenvalue weighted by molar-refractivity contribution is -0.135. The van der Waals surface area contributed by atoms with Gasteiger partial charge in [-0.3, -0.25) is 9.69 Å². The van der Waals surface area contributed by atoms with Crippen molar-refractivity contribution in [3.8, 4) is 5.75 Å². The van der Waals surface area contributed by atoms with Gasteiger partial charge in [-0.05, 0) is 48.9 Å². The second-order valence-corrected chi connectivity index (χ2v) is 7.04. The van der Waals surface area contributed by atoms with Crippen LogP contribution in [0.3, 0.4) is 0 Å². The maximum absolute atomic E-state index is 13.3. The molecule has 1 saturated heterocycles. The molecule has 1 atom stereocenters. The molecular weight excluding hydrogens is 345 g/mol. The van der Waals surface area contributed by atoms with E-state index in [1.807, 2.05) is 25.1 Å². The van der Waals surface area contributed by atoms with Crippen LogP contribution >= 0.6 is 0 Å². The van der Waals surface area contributed by atoms with Crippen molar-refractivity contribution < 1.29 is 14.3 Å². The Morgan fingerprint density at radius 3 is 2.44 bits per heavy atom. The number of carbonyl (C=O) groups excluding carboxylic acids is 1. The van der Waals surface area contributed by atoms with Crippen LogP contribution in [0.4, 0.5) is 10.1 Å². The van der Waals surface area contributed by atoms with Crippen LogP contribution in [0.1, 0.15) is 12.5 Å². The number of hydrogen-bond acceptors (Lipinski definition) is 4. The highest BCUT2D eigenvalue weighted by Crippen LogP contribution is 2.20. The van der Waals surface area contributed by atoms with Crippen molar-refractivity contribution in [2.45, 2.75) is 19.5 Å². The maximum atomic E-state index is 13.3. The summed E-state index contributed by atoms with van der Waals surface area (Å²) in [5, 5.41) is 9.41. The van der Waals surface area contributed by atoms with E-state index >= 15 is 0 Å². The number of rotatable bonds is 5. The molecule has 1 N–H and O–H groups in total. The molecule has 0 bridgehead atoms. The predicted octanol–water partition coefficient (Wildman–Crippen LogP) is 2.70. The molecule has 0 aromatic heterocycles. The standard InChI is InChI=1S/C21H26FN3O2/c1-16(21(27)23(2)15-17-4-3-5-18(22)14-17)24-10-12-25(13-11-24)19-6-8-20(26)9-7-19/h3-9,14,16,26H,10-13,15H2,1-2H3. The zero-order valence-electron chi connectivity index (χ0n) is 15.8. The van der Waals surface area contributed by atoms with Crippen LogP contribution in [-0.4, -0.2) is 60.1 Å². The predicted molar refractivity (Wildman–Crippen MR) is 104 cm³/mol. The van der Waals surface area contributed by atoms with Crippen LogP contribution in [-0.2, 0) is 11.3 Å². The van der Waals surface area contributed by atoms with Crippen molar-refractivity contribution in [2.75, 3.05) is 38.1 Å². The Balaban J connectivity index is 1.54. The van der Waals surface area contributed by atoms with E-state index in [0.717, 1.165) is 37.4 Å². The minimum atomic E-state index is -0.285. The molecule has 0 radical (unpaired) electrons. The summed E-state index contributed by atoms with van der Waals surface area (Å²) < 4.78 is 13.3. The fraction of sp³-hybridized carbons (Fsp3) is 0.381. The molecule has 1 amide bonds. The highest BCUT2D eigenvalue weighted by molar-refractivity contribution is 5.81. The average molecular weight is 371 g/mol. The van der Waals surface area contributed by atoms with E-state index < -0.39 is 0 Å². The van der Waals surface area contributed by atoms with Gasteiger partial charge < -0.3 is 14.9 Å². The van der Waals surface area contributed by atoms with Crippen LogP contribution in [0.25, 0.3) is 0 Å². The van der Waals surface area contributed by atoms with Crippen molar-refractivity contribution in [1.82, 2.24) is 9.80 Å². The summed E-state index contributed by atoms with van der Waals surface area (Å²) in [6.07, 6.45) is 0. The summed E-state index contributed by atoms with van der Waals surface area (Å²) >= 11 is 0. The summed E-state index contributed by atoms with van der Waals surface area (Å²) in [7, 11) is 1.76. The van der Waals surface area contributed by atoms with Gasteiger partial charge in [-0.15, -0.1) is 0 Å². The molecule has 0 aliphatic carbocycles. The molecule has 1 heterocycles. The molecule has 27 heavy (non-hydrogen) atoms. The van der Waals surface area contributed by atoms with Gasteiger partial charge in [0, 0.05) is 45.5 Å². The lowest BCUT2D eigenvalue weighted by Gasteiger charge is -2.39. The summed E-state index contributed by atoms with van der Waals surface area (Å²) in [5.41, 5.74) is 1.87. The Labute approximate surface area is 159 Å². The molecular formula is C21H26FN3O2. The summed E-state index contributed by atoms with van der Waals surface area (Å²) in [4.78, 5) is 18.9. The van der Waals surface area contributed by atoms with Crippen molar-refractivity contribution in [3.05, 3.63) is 59.9 Å². The fourth-order valence-corrected chi connectivity index (χ4v) is 3.49. The number of benzene rings is 2. The molecule has 2 aromatic carbocycles. The van der Waals surface area contributed by atoms with E-state index in [-0.39, 0.29) is 23.5 Å². The molecule has 144 valence electrons. The largest absolute Gasteiger partial charge is 0.508 e. The Kier molecular flexibility index (Phi) is 5.96. The quantitative estimate of drug-likeness (QED) is 0.878. The van der Waals surface area contributed by atoms with Crippen molar-refractivity contribution in [2.24, 2.45) is 0 Å². The number of phenols is 1. The van der Waals surface area contributed by atoms with E-state index in [0.29, 0.717) is 6.54 Å². The Morgan fingerprint density at radius 2 is 1.81 bits per heavy atom. The molecule has 1 aliphatic rings. The SMILES string of the molecule is CC(C(=O)N(C)Cc1cccc(F)c1)N1CCN(c2ccc(O)cc2)CC1. The molecule has 0 spiro atoms. The van der Waals surface area contributed by atoms with Gasteiger partial charge in [-0.25, -0.2) is 4.39 Å². The Bertz CT molecular complexity index is 773. The number of likely N-dealkylation sites (N-methyl/N-ethyl adjacent to an activating group) is 1. The number of aromatic hydroxyl groups is 1. The molecule has 5 nitrogen and oxygen atoms in total. The number of nitrogens with zero attached hydrogens (tertiary/aromatic N) is 3. The van der Waals surface area contributed by atoms with E-state index in [1.54, 1.807) is 30.1 Å². The first kappa shape index (κ1) is 19.2. The second-order valence-electron chi connectivity index (χ2n) is 7.04. The normalized spacial score (nSPS) is 16.2.